The second-order valence-corrected chi connectivity index (χ2v) is 2.91. The number of halogens is 1. The number of aliphatic hydroxyl groups excluding tert-OH is 1. The number of aliphatic hydroxyl groups is 1. The first-order valence-corrected chi connectivity index (χ1v) is 4.33. The summed E-state index contributed by atoms with van der Waals surface area (Å²) >= 11 is 5.47. The Morgan fingerprint density at radius 3 is 2.77 bits per heavy atom. The third kappa shape index (κ3) is 2.26. The van der Waals surface area contributed by atoms with Gasteiger partial charge in [0.15, 0.2) is 11.5 Å². The van der Waals surface area contributed by atoms with E-state index in [2.05, 4.69) is 0 Å². The van der Waals surface area contributed by atoms with Crippen molar-refractivity contribution in [3.8, 4) is 11.5 Å². The molecule has 0 aliphatic heterocycles. The van der Waals surface area contributed by atoms with Crippen LogP contribution in [-0.4, -0.2) is 23.2 Å². The fourth-order valence-corrected chi connectivity index (χ4v) is 1.17. The van der Waals surface area contributed by atoms with Gasteiger partial charge in [0.1, 0.15) is 0 Å². The van der Waals surface area contributed by atoms with Gasteiger partial charge in [-0.15, -0.1) is 11.6 Å². The van der Waals surface area contributed by atoms with Gasteiger partial charge in [-0.2, -0.15) is 0 Å². The number of phenols is 1. The number of benzene rings is 1. The Hall–Kier alpha value is -0.930. The van der Waals surface area contributed by atoms with E-state index in [9.17, 15) is 10.2 Å². The Morgan fingerprint density at radius 1 is 1.54 bits per heavy atom. The number of alkyl halides is 1. The molecule has 3 nitrogen and oxygen atoms in total. The van der Waals surface area contributed by atoms with Crippen molar-refractivity contribution in [1.29, 1.82) is 0 Å². The summed E-state index contributed by atoms with van der Waals surface area (Å²) < 4.78 is 4.88. The van der Waals surface area contributed by atoms with E-state index in [0.717, 1.165) is 0 Å². The molecule has 0 saturated carbocycles. The van der Waals surface area contributed by atoms with E-state index in [1.165, 1.54) is 13.2 Å². The molecule has 0 saturated heterocycles. The summed E-state index contributed by atoms with van der Waals surface area (Å²) in [6, 6.07) is 4.62. The molecule has 1 aromatic rings. The summed E-state index contributed by atoms with van der Waals surface area (Å²) in [6.07, 6.45) is -0.726. The van der Waals surface area contributed by atoms with E-state index in [0.29, 0.717) is 11.3 Å². The van der Waals surface area contributed by atoms with E-state index >= 15 is 0 Å². The largest absolute Gasteiger partial charge is 0.504 e. The van der Waals surface area contributed by atoms with Gasteiger partial charge in [0.2, 0.25) is 0 Å². The number of aromatic hydroxyl groups is 1. The van der Waals surface area contributed by atoms with Gasteiger partial charge >= 0.3 is 0 Å². The van der Waals surface area contributed by atoms with Gasteiger partial charge in [-0.05, 0) is 17.7 Å². The number of ether oxygens (including phenoxy) is 1. The zero-order valence-corrected chi connectivity index (χ0v) is 7.95. The molecule has 0 amide bonds. The molecule has 1 atom stereocenters. The number of hydrogen-bond acceptors (Lipinski definition) is 3. The second kappa shape index (κ2) is 4.35. The van der Waals surface area contributed by atoms with E-state index in [1.807, 2.05) is 0 Å². The molecule has 0 bridgehead atoms. The summed E-state index contributed by atoms with van der Waals surface area (Å²) in [5.41, 5.74) is 0.629. The van der Waals surface area contributed by atoms with Gasteiger partial charge in [-0.3, -0.25) is 0 Å². The lowest BCUT2D eigenvalue weighted by atomic mass is 10.1. The van der Waals surface area contributed by atoms with Gasteiger partial charge in [0.05, 0.1) is 19.1 Å². The van der Waals surface area contributed by atoms with Gasteiger partial charge in [0.25, 0.3) is 0 Å². The van der Waals surface area contributed by atoms with Gasteiger partial charge in [0, 0.05) is 0 Å². The molecule has 0 aliphatic rings. The van der Waals surface area contributed by atoms with Crippen molar-refractivity contribution in [2.24, 2.45) is 0 Å². The summed E-state index contributed by atoms with van der Waals surface area (Å²) in [5.74, 6) is 0.503. The Bertz CT molecular complexity index is 288. The predicted octanol–water partition coefficient (Wildman–Crippen LogP) is 1.67. The van der Waals surface area contributed by atoms with E-state index < -0.39 is 6.10 Å². The Labute approximate surface area is 81.5 Å². The lowest BCUT2D eigenvalue weighted by Crippen LogP contribution is -1.98. The first-order chi connectivity index (χ1) is 6.19. The van der Waals surface area contributed by atoms with Crippen molar-refractivity contribution >= 4 is 11.6 Å². The molecule has 2 N–H and O–H groups in total. The lowest BCUT2D eigenvalue weighted by molar-refractivity contribution is 0.202. The molecule has 1 unspecified atom stereocenters. The van der Waals surface area contributed by atoms with Crippen LogP contribution in [0.1, 0.15) is 11.7 Å². The SMILES string of the molecule is COc1cc(C(O)CCl)ccc1O. The maximum atomic E-state index is 9.37. The summed E-state index contributed by atoms with van der Waals surface area (Å²) in [5, 5.41) is 18.6. The molecule has 13 heavy (non-hydrogen) atoms. The fraction of sp³-hybridized carbons (Fsp3) is 0.333. The molecule has 0 aliphatic carbocycles. The Kier molecular flexibility index (Phi) is 3.39. The molecular weight excluding hydrogens is 192 g/mol. The zero-order chi connectivity index (χ0) is 9.84. The molecule has 1 aromatic carbocycles. The van der Waals surface area contributed by atoms with Crippen molar-refractivity contribution in [3.05, 3.63) is 23.8 Å². The maximum absolute atomic E-state index is 9.37. The number of rotatable bonds is 3. The van der Waals surface area contributed by atoms with E-state index in [4.69, 9.17) is 16.3 Å². The van der Waals surface area contributed by atoms with Crippen LogP contribution in [0.4, 0.5) is 0 Å². The van der Waals surface area contributed by atoms with Crippen LogP contribution in [0.5, 0.6) is 11.5 Å². The van der Waals surface area contributed by atoms with Crippen LogP contribution in [0.3, 0.4) is 0 Å². The van der Waals surface area contributed by atoms with E-state index in [1.54, 1.807) is 12.1 Å². The summed E-state index contributed by atoms with van der Waals surface area (Å²) in [4.78, 5) is 0. The van der Waals surface area contributed by atoms with Gasteiger partial charge in [-0.25, -0.2) is 0 Å². The van der Waals surface area contributed by atoms with E-state index in [-0.39, 0.29) is 11.6 Å². The van der Waals surface area contributed by atoms with Crippen LogP contribution in [0, 0.1) is 0 Å². The first-order valence-electron chi connectivity index (χ1n) is 3.80. The standard InChI is InChI=1S/C9H11ClO3/c1-13-9-4-6(8(12)5-10)2-3-7(9)11/h2-4,8,11-12H,5H2,1H3. The van der Waals surface area contributed by atoms with Crippen LogP contribution in [0.15, 0.2) is 18.2 Å². The smallest absolute Gasteiger partial charge is 0.160 e. The molecule has 0 spiro atoms. The highest BCUT2D eigenvalue weighted by Crippen LogP contribution is 2.29. The molecule has 0 radical (unpaired) electrons. The molecular formula is C9H11ClO3. The van der Waals surface area contributed by atoms with Gasteiger partial charge in [-0.1, -0.05) is 6.07 Å². The normalized spacial score (nSPS) is 12.5. The van der Waals surface area contributed by atoms with Gasteiger partial charge < -0.3 is 14.9 Å². The monoisotopic (exact) mass is 202 g/mol. The summed E-state index contributed by atoms with van der Waals surface area (Å²) in [7, 11) is 1.45. The maximum Gasteiger partial charge on any atom is 0.160 e. The minimum Gasteiger partial charge on any atom is -0.504 e. The highest BCUT2D eigenvalue weighted by molar-refractivity contribution is 6.18. The molecule has 1 rings (SSSR count). The third-order valence-corrected chi connectivity index (χ3v) is 2.03. The third-order valence-electron chi connectivity index (χ3n) is 1.73. The van der Waals surface area contributed by atoms with Crippen molar-refractivity contribution in [1.82, 2.24) is 0 Å². The Morgan fingerprint density at radius 2 is 2.23 bits per heavy atom. The van der Waals surface area contributed by atoms with Crippen LogP contribution in [-0.2, 0) is 0 Å². The summed E-state index contributed by atoms with van der Waals surface area (Å²) in [6.45, 7) is 0. The molecule has 0 aromatic heterocycles. The second-order valence-electron chi connectivity index (χ2n) is 2.60. The van der Waals surface area contributed by atoms with Crippen molar-refractivity contribution in [2.75, 3.05) is 13.0 Å². The van der Waals surface area contributed by atoms with Crippen molar-refractivity contribution in [2.45, 2.75) is 6.10 Å². The first kappa shape index (κ1) is 10.2. The molecule has 72 valence electrons. The van der Waals surface area contributed by atoms with Crippen molar-refractivity contribution in [3.63, 3.8) is 0 Å². The lowest BCUT2D eigenvalue weighted by Gasteiger charge is -2.09. The predicted molar refractivity (Wildman–Crippen MR) is 50.3 cm³/mol. The van der Waals surface area contributed by atoms with Crippen molar-refractivity contribution < 1.29 is 14.9 Å². The minimum atomic E-state index is -0.726. The molecule has 0 heterocycles. The minimum absolute atomic E-state index is 0.0491. The quantitative estimate of drug-likeness (QED) is 0.734. The highest BCUT2D eigenvalue weighted by atomic mass is 35.5. The fourth-order valence-electron chi connectivity index (χ4n) is 0.991. The van der Waals surface area contributed by atoms with Crippen LogP contribution in [0.2, 0.25) is 0 Å². The zero-order valence-electron chi connectivity index (χ0n) is 7.20. The van der Waals surface area contributed by atoms with Crippen LogP contribution < -0.4 is 4.74 Å². The Balaban J connectivity index is 2.99. The van der Waals surface area contributed by atoms with Crippen LogP contribution >= 0.6 is 11.6 Å². The topological polar surface area (TPSA) is 49.7 Å². The number of methoxy groups -OCH3 is 1. The highest BCUT2D eigenvalue weighted by Gasteiger charge is 2.09. The van der Waals surface area contributed by atoms with Crippen LogP contribution in [0.25, 0.3) is 0 Å². The average Bonchev–Trinajstić information content (AvgIpc) is 2.17. The molecule has 4 heteroatoms. The number of phenolic OH excluding ortho intramolecular Hbond substituents is 1. The average molecular weight is 203 g/mol. The molecule has 0 fully saturated rings. The number of hydrogen-bond donors (Lipinski definition) is 2.